The third-order valence-corrected chi connectivity index (χ3v) is 4.67. The van der Waals surface area contributed by atoms with Crippen molar-refractivity contribution in [3.63, 3.8) is 0 Å². The van der Waals surface area contributed by atoms with Crippen molar-refractivity contribution in [1.82, 2.24) is 14.8 Å². The topological polar surface area (TPSA) is 54.9 Å². The first-order chi connectivity index (χ1) is 12.6. The molecule has 1 aromatic heterocycles. The average Bonchev–Trinajstić information content (AvgIpc) is 2.66. The van der Waals surface area contributed by atoms with E-state index in [9.17, 15) is 4.79 Å². The lowest BCUT2D eigenvalue weighted by atomic mass is 10.1. The lowest BCUT2D eigenvalue weighted by Crippen LogP contribution is -2.41. The predicted octanol–water partition coefficient (Wildman–Crippen LogP) is 2.86. The molecular weight excluding hydrogens is 330 g/mol. The molecule has 6 nitrogen and oxygen atoms in total. The Labute approximate surface area is 154 Å². The van der Waals surface area contributed by atoms with Crippen molar-refractivity contribution < 1.29 is 14.3 Å². The van der Waals surface area contributed by atoms with E-state index in [1.54, 1.807) is 24.3 Å². The van der Waals surface area contributed by atoms with E-state index in [1.807, 2.05) is 18.2 Å². The molecule has 0 aliphatic carbocycles. The first-order valence-corrected chi connectivity index (χ1v) is 8.81. The van der Waals surface area contributed by atoms with Crippen LogP contribution < -0.4 is 4.74 Å². The summed E-state index contributed by atoms with van der Waals surface area (Å²) in [6, 6.07) is 9.70. The van der Waals surface area contributed by atoms with Crippen LogP contribution in [0.2, 0.25) is 0 Å². The van der Waals surface area contributed by atoms with Gasteiger partial charge in [-0.25, -0.2) is 0 Å². The van der Waals surface area contributed by atoms with Crippen LogP contribution in [-0.4, -0.2) is 54.5 Å². The van der Waals surface area contributed by atoms with E-state index in [4.69, 9.17) is 9.47 Å². The Hall–Kier alpha value is -2.44. The Morgan fingerprint density at radius 1 is 1.31 bits per heavy atom. The van der Waals surface area contributed by atoms with Gasteiger partial charge in [0.05, 0.1) is 12.6 Å². The van der Waals surface area contributed by atoms with Crippen molar-refractivity contribution in [2.75, 3.05) is 33.9 Å². The normalized spacial score (nSPS) is 17.6. The second-order valence-electron chi connectivity index (χ2n) is 6.53. The van der Waals surface area contributed by atoms with E-state index in [-0.39, 0.29) is 18.6 Å². The van der Waals surface area contributed by atoms with Crippen molar-refractivity contribution in [3.8, 4) is 11.5 Å². The molecule has 0 saturated carbocycles. The lowest BCUT2D eigenvalue weighted by Gasteiger charge is -2.33. The zero-order valence-electron chi connectivity index (χ0n) is 15.5. The van der Waals surface area contributed by atoms with Crippen molar-refractivity contribution in [2.45, 2.75) is 19.5 Å². The number of nitrogens with zero attached hydrogens (tertiary/aromatic N) is 3. The number of likely N-dealkylation sites (N-methyl/N-ethyl adjacent to an activating group) is 1. The quantitative estimate of drug-likeness (QED) is 0.797. The molecule has 2 heterocycles. The Balaban J connectivity index is 1.77. The van der Waals surface area contributed by atoms with E-state index in [0.29, 0.717) is 12.4 Å². The van der Waals surface area contributed by atoms with Gasteiger partial charge in [0.2, 0.25) is 5.91 Å². The molecule has 1 amide bonds. The summed E-state index contributed by atoms with van der Waals surface area (Å²) in [4.78, 5) is 20.1. The Bertz CT molecular complexity index is 748. The van der Waals surface area contributed by atoms with E-state index in [2.05, 4.69) is 36.0 Å². The summed E-state index contributed by atoms with van der Waals surface area (Å²) < 4.78 is 11.5. The first-order valence-electron chi connectivity index (χ1n) is 8.81. The number of hydrogen-bond acceptors (Lipinski definition) is 5. The molecule has 1 aliphatic rings. The highest BCUT2D eigenvalue weighted by Gasteiger charge is 2.29. The lowest BCUT2D eigenvalue weighted by molar-refractivity contribution is -0.146. The number of pyridine rings is 1. The number of morpholine rings is 1. The van der Waals surface area contributed by atoms with Crippen LogP contribution in [0.15, 0.2) is 42.7 Å². The summed E-state index contributed by atoms with van der Waals surface area (Å²) >= 11 is 0. The number of carbonyl (C=O) groups excluding carboxylic acids is 1. The molecule has 1 saturated heterocycles. The van der Waals surface area contributed by atoms with Crippen molar-refractivity contribution in [1.29, 1.82) is 0 Å². The largest absolute Gasteiger partial charge is 0.457 e. The predicted molar refractivity (Wildman–Crippen MR) is 99.1 cm³/mol. The average molecular weight is 355 g/mol. The monoisotopic (exact) mass is 355 g/mol. The van der Waals surface area contributed by atoms with Gasteiger partial charge in [-0.1, -0.05) is 19.1 Å². The number of benzene rings is 1. The Morgan fingerprint density at radius 3 is 2.81 bits per heavy atom. The smallest absolute Gasteiger partial charge is 0.248 e. The molecule has 0 radical (unpaired) electrons. The number of carbonyl (C=O) groups is 1. The minimum absolute atomic E-state index is 0.0413. The zero-order valence-corrected chi connectivity index (χ0v) is 15.5. The van der Waals surface area contributed by atoms with E-state index in [1.165, 1.54) is 5.56 Å². The fraction of sp³-hybridized carbons (Fsp3) is 0.400. The van der Waals surface area contributed by atoms with Gasteiger partial charge in [-0.3, -0.25) is 9.78 Å². The van der Waals surface area contributed by atoms with Crippen molar-refractivity contribution in [3.05, 3.63) is 53.9 Å². The molecule has 138 valence electrons. The van der Waals surface area contributed by atoms with Gasteiger partial charge in [0.1, 0.15) is 18.1 Å². The van der Waals surface area contributed by atoms with Gasteiger partial charge in [-0.05, 0) is 37.4 Å². The van der Waals surface area contributed by atoms with Crippen molar-refractivity contribution in [2.24, 2.45) is 0 Å². The number of rotatable bonds is 6. The molecule has 0 bridgehead atoms. The second-order valence-corrected chi connectivity index (χ2v) is 6.53. The second kappa shape index (κ2) is 8.29. The van der Waals surface area contributed by atoms with Crippen LogP contribution in [0.4, 0.5) is 0 Å². The number of aromatic nitrogens is 1. The van der Waals surface area contributed by atoms with Crippen LogP contribution >= 0.6 is 0 Å². The summed E-state index contributed by atoms with van der Waals surface area (Å²) in [6.45, 7) is 4.61. The van der Waals surface area contributed by atoms with Crippen LogP contribution in [-0.2, 0) is 16.1 Å². The highest BCUT2D eigenvalue weighted by molar-refractivity contribution is 5.78. The van der Waals surface area contributed by atoms with Gasteiger partial charge in [0.15, 0.2) is 0 Å². The van der Waals surface area contributed by atoms with Crippen molar-refractivity contribution >= 4 is 5.91 Å². The van der Waals surface area contributed by atoms with Gasteiger partial charge in [0, 0.05) is 31.5 Å². The van der Waals surface area contributed by atoms with Crippen LogP contribution in [0.1, 0.15) is 24.1 Å². The van der Waals surface area contributed by atoms with Gasteiger partial charge in [0.25, 0.3) is 0 Å². The molecule has 1 atom stereocenters. The van der Waals surface area contributed by atoms with Gasteiger partial charge in [-0.15, -0.1) is 0 Å². The Kier molecular flexibility index (Phi) is 5.85. The van der Waals surface area contributed by atoms with Crippen LogP contribution in [0.3, 0.4) is 0 Å². The highest BCUT2D eigenvalue weighted by atomic mass is 16.5. The van der Waals surface area contributed by atoms with Gasteiger partial charge in [-0.2, -0.15) is 0 Å². The fourth-order valence-electron chi connectivity index (χ4n) is 2.89. The molecule has 6 heteroatoms. The molecule has 26 heavy (non-hydrogen) atoms. The zero-order chi connectivity index (χ0) is 18.5. The van der Waals surface area contributed by atoms with Gasteiger partial charge >= 0.3 is 0 Å². The molecule has 1 fully saturated rings. The third kappa shape index (κ3) is 4.20. The maximum atomic E-state index is 11.9. The highest BCUT2D eigenvalue weighted by Crippen LogP contribution is 2.33. The van der Waals surface area contributed by atoms with Crippen LogP contribution in [0, 0.1) is 0 Å². The summed E-state index contributed by atoms with van der Waals surface area (Å²) in [6.07, 6.45) is 3.43. The van der Waals surface area contributed by atoms with Crippen LogP contribution in [0.5, 0.6) is 11.5 Å². The summed E-state index contributed by atoms with van der Waals surface area (Å²) in [5, 5.41) is 0. The maximum Gasteiger partial charge on any atom is 0.248 e. The minimum atomic E-state index is -0.197. The van der Waals surface area contributed by atoms with Crippen LogP contribution in [0.25, 0.3) is 0 Å². The number of ether oxygens (including phenoxy) is 2. The summed E-state index contributed by atoms with van der Waals surface area (Å²) in [7, 11) is 3.88. The van der Waals surface area contributed by atoms with E-state index in [0.717, 1.165) is 24.4 Å². The molecule has 0 N–H and O–H groups in total. The maximum absolute atomic E-state index is 11.9. The summed E-state index contributed by atoms with van der Waals surface area (Å²) in [5.74, 6) is 1.40. The SMILES string of the molecule is CCN(C)Cc1ccc(Oc2ccncc2C2COCC(=O)N2C)cc1. The molecule has 2 aromatic rings. The number of hydrogen-bond donors (Lipinski definition) is 0. The molecule has 1 aromatic carbocycles. The molecule has 1 aliphatic heterocycles. The fourth-order valence-corrected chi connectivity index (χ4v) is 2.89. The molecular formula is C20H25N3O3. The molecule has 1 unspecified atom stereocenters. The van der Waals surface area contributed by atoms with Gasteiger partial charge < -0.3 is 19.3 Å². The molecule has 0 spiro atoms. The minimum Gasteiger partial charge on any atom is -0.457 e. The third-order valence-electron chi connectivity index (χ3n) is 4.67. The molecule has 3 rings (SSSR count). The van der Waals surface area contributed by atoms with E-state index < -0.39 is 0 Å². The standard InChI is InChI=1S/C20H25N3O3/c1-4-22(2)12-15-5-7-16(8-6-15)26-19-9-10-21-11-17(19)18-13-25-14-20(24)23(18)3/h5-11,18H,4,12-14H2,1-3H3. The summed E-state index contributed by atoms with van der Waals surface area (Å²) in [5.41, 5.74) is 2.08. The Morgan fingerprint density at radius 2 is 2.08 bits per heavy atom. The first kappa shape index (κ1) is 18.4. The van der Waals surface area contributed by atoms with E-state index >= 15 is 0 Å². The number of amides is 1.